The van der Waals surface area contributed by atoms with Crippen molar-refractivity contribution < 1.29 is 14.3 Å². The molecule has 2 rings (SSSR count). The maximum atomic E-state index is 13.1. The lowest BCUT2D eigenvalue weighted by atomic mass is 10.1. The average Bonchev–Trinajstić information content (AvgIpc) is 2.29. The van der Waals surface area contributed by atoms with Crippen molar-refractivity contribution in [3.05, 3.63) is 29.6 Å². The fraction of sp³-hybridized carbons (Fsp3) is 0.462. The molecule has 0 amide bonds. The smallest absolute Gasteiger partial charge is 0.337 e. The predicted octanol–water partition coefficient (Wildman–Crippen LogP) is 1.66. The van der Waals surface area contributed by atoms with Gasteiger partial charge < -0.3 is 14.9 Å². The molecule has 1 fully saturated rings. The summed E-state index contributed by atoms with van der Waals surface area (Å²) in [6.45, 7) is 4.55. The van der Waals surface area contributed by atoms with Gasteiger partial charge in [0.25, 0.3) is 0 Å². The van der Waals surface area contributed by atoms with Gasteiger partial charge in [0.15, 0.2) is 0 Å². The molecule has 0 saturated carbocycles. The maximum absolute atomic E-state index is 13.1. The van der Waals surface area contributed by atoms with Crippen molar-refractivity contribution in [3.63, 3.8) is 0 Å². The second-order valence-corrected chi connectivity index (χ2v) is 4.77. The lowest BCUT2D eigenvalue weighted by Gasteiger charge is -2.40. The molecule has 1 aromatic carbocycles. The van der Waals surface area contributed by atoms with Gasteiger partial charge in [-0.15, -0.1) is 0 Å². The van der Waals surface area contributed by atoms with E-state index in [0.29, 0.717) is 5.69 Å². The van der Waals surface area contributed by atoms with E-state index in [1.807, 2.05) is 18.9 Å². The van der Waals surface area contributed by atoms with Gasteiger partial charge in [-0.2, -0.15) is 0 Å². The van der Waals surface area contributed by atoms with Crippen LogP contribution in [0.5, 0.6) is 0 Å². The minimum absolute atomic E-state index is 0.0337. The largest absolute Gasteiger partial charge is 0.478 e. The molecule has 1 saturated heterocycles. The number of aromatic carboxylic acids is 1. The molecule has 1 aromatic rings. The lowest BCUT2D eigenvalue weighted by Crippen LogP contribution is -2.51. The number of piperazine rings is 1. The highest BCUT2D eigenvalue weighted by molar-refractivity contribution is 5.94. The number of hydrogen-bond acceptors (Lipinski definition) is 3. The first-order valence-electron chi connectivity index (χ1n) is 5.97. The van der Waals surface area contributed by atoms with Gasteiger partial charge in [0, 0.05) is 25.7 Å². The molecule has 5 heteroatoms. The maximum Gasteiger partial charge on any atom is 0.337 e. The summed E-state index contributed by atoms with van der Waals surface area (Å²) in [7, 11) is 2.04. The van der Waals surface area contributed by atoms with Crippen molar-refractivity contribution in [2.75, 3.05) is 31.6 Å². The summed E-state index contributed by atoms with van der Waals surface area (Å²) in [6.07, 6.45) is 0. The van der Waals surface area contributed by atoms with Gasteiger partial charge in [0.1, 0.15) is 5.82 Å². The topological polar surface area (TPSA) is 43.8 Å². The fourth-order valence-electron chi connectivity index (χ4n) is 2.43. The summed E-state index contributed by atoms with van der Waals surface area (Å²) in [5, 5.41) is 9.16. The van der Waals surface area contributed by atoms with E-state index in [1.54, 1.807) is 6.07 Å². The molecule has 1 N–H and O–H groups in total. The number of benzene rings is 1. The molecule has 1 atom stereocenters. The molecular formula is C13H17FN2O2. The highest BCUT2D eigenvalue weighted by Crippen LogP contribution is 2.25. The molecule has 0 bridgehead atoms. The summed E-state index contributed by atoms with van der Waals surface area (Å²) in [4.78, 5) is 15.4. The molecule has 1 aliphatic rings. The van der Waals surface area contributed by atoms with E-state index in [-0.39, 0.29) is 11.6 Å². The van der Waals surface area contributed by atoms with Gasteiger partial charge in [0.05, 0.1) is 11.3 Å². The van der Waals surface area contributed by atoms with Crippen LogP contribution in [0.4, 0.5) is 10.1 Å². The minimum Gasteiger partial charge on any atom is -0.478 e. The minimum atomic E-state index is -1.09. The normalized spacial score (nSPS) is 21.1. The number of carbonyl (C=O) groups is 1. The van der Waals surface area contributed by atoms with E-state index in [4.69, 9.17) is 5.11 Å². The van der Waals surface area contributed by atoms with Crippen LogP contribution in [0.1, 0.15) is 17.3 Å². The summed E-state index contributed by atoms with van der Waals surface area (Å²) in [5.74, 6) is -1.60. The van der Waals surface area contributed by atoms with Crippen LogP contribution in [-0.2, 0) is 0 Å². The summed E-state index contributed by atoms with van der Waals surface area (Å²) in [5.41, 5.74) is 0.635. The Hall–Kier alpha value is -1.62. The zero-order valence-corrected chi connectivity index (χ0v) is 10.6. The van der Waals surface area contributed by atoms with Crippen LogP contribution in [0, 0.1) is 5.82 Å². The second kappa shape index (κ2) is 4.94. The standard InChI is InChI=1S/C13H17FN2O2/c1-9-8-15(2)5-6-16(9)12-4-3-10(14)7-11(12)13(17)18/h3-4,7,9H,5-6,8H2,1-2H3,(H,17,18). The number of likely N-dealkylation sites (N-methyl/N-ethyl adjacent to an activating group) is 1. The first-order chi connectivity index (χ1) is 8.49. The predicted molar refractivity (Wildman–Crippen MR) is 67.7 cm³/mol. The molecule has 1 aliphatic heterocycles. The van der Waals surface area contributed by atoms with Gasteiger partial charge in [-0.1, -0.05) is 0 Å². The third-order valence-corrected chi connectivity index (χ3v) is 3.33. The second-order valence-electron chi connectivity index (χ2n) is 4.77. The van der Waals surface area contributed by atoms with E-state index in [0.717, 1.165) is 25.7 Å². The van der Waals surface area contributed by atoms with Crippen molar-refractivity contribution >= 4 is 11.7 Å². The number of anilines is 1. The van der Waals surface area contributed by atoms with Crippen molar-refractivity contribution in [3.8, 4) is 0 Å². The average molecular weight is 252 g/mol. The Bertz CT molecular complexity index is 464. The van der Waals surface area contributed by atoms with Crippen molar-refractivity contribution in [2.24, 2.45) is 0 Å². The Morgan fingerprint density at radius 3 is 2.78 bits per heavy atom. The first kappa shape index (κ1) is 12.8. The van der Waals surface area contributed by atoms with Crippen LogP contribution in [0.25, 0.3) is 0 Å². The Morgan fingerprint density at radius 1 is 1.44 bits per heavy atom. The van der Waals surface area contributed by atoms with Crippen LogP contribution in [0.15, 0.2) is 18.2 Å². The number of carboxylic acids is 1. The fourth-order valence-corrected chi connectivity index (χ4v) is 2.43. The Balaban J connectivity index is 2.35. The van der Waals surface area contributed by atoms with Crippen molar-refractivity contribution in [2.45, 2.75) is 13.0 Å². The zero-order valence-electron chi connectivity index (χ0n) is 10.6. The number of rotatable bonds is 2. The number of halogens is 1. The van der Waals surface area contributed by atoms with Gasteiger partial charge >= 0.3 is 5.97 Å². The monoisotopic (exact) mass is 252 g/mol. The third kappa shape index (κ3) is 2.46. The van der Waals surface area contributed by atoms with Gasteiger partial charge in [-0.25, -0.2) is 9.18 Å². The first-order valence-corrected chi connectivity index (χ1v) is 5.97. The van der Waals surface area contributed by atoms with Crippen molar-refractivity contribution in [1.82, 2.24) is 4.90 Å². The summed E-state index contributed by atoms with van der Waals surface area (Å²) in [6, 6.07) is 4.17. The molecule has 0 radical (unpaired) electrons. The Morgan fingerprint density at radius 2 is 2.17 bits per heavy atom. The highest BCUT2D eigenvalue weighted by Gasteiger charge is 2.25. The van der Waals surface area contributed by atoms with Crippen LogP contribution in [0.2, 0.25) is 0 Å². The van der Waals surface area contributed by atoms with Crippen LogP contribution in [0.3, 0.4) is 0 Å². The third-order valence-electron chi connectivity index (χ3n) is 3.33. The molecular weight excluding hydrogens is 235 g/mol. The SMILES string of the molecule is CC1CN(C)CCN1c1ccc(F)cc1C(=O)O. The van der Waals surface area contributed by atoms with Crippen LogP contribution in [-0.4, -0.2) is 48.7 Å². The molecule has 0 aliphatic carbocycles. The van der Waals surface area contributed by atoms with Crippen LogP contribution >= 0.6 is 0 Å². The van der Waals surface area contributed by atoms with Gasteiger partial charge in [0.2, 0.25) is 0 Å². The molecule has 1 heterocycles. The molecule has 0 spiro atoms. The van der Waals surface area contributed by atoms with E-state index < -0.39 is 11.8 Å². The van der Waals surface area contributed by atoms with Crippen molar-refractivity contribution in [1.29, 1.82) is 0 Å². The quantitative estimate of drug-likeness (QED) is 0.869. The highest BCUT2D eigenvalue weighted by atomic mass is 19.1. The van der Waals surface area contributed by atoms with E-state index in [1.165, 1.54) is 6.07 Å². The number of carboxylic acid groups (broad SMARTS) is 1. The Kier molecular flexibility index (Phi) is 3.52. The molecule has 1 unspecified atom stereocenters. The van der Waals surface area contributed by atoms with E-state index in [9.17, 15) is 9.18 Å². The van der Waals surface area contributed by atoms with E-state index in [2.05, 4.69) is 4.90 Å². The molecule has 18 heavy (non-hydrogen) atoms. The molecule has 98 valence electrons. The van der Waals surface area contributed by atoms with E-state index >= 15 is 0 Å². The number of nitrogens with zero attached hydrogens (tertiary/aromatic N) is 2. The summed E-state index contributed by atoms with van der Waals surface area (Å²) >= 11 is 0. The lowest BCUT2D eigenvalue weighted by molar-refractivity contribution is 0.0696. The molecule has 4 nitrogen and oxygen atoms in total. The van der Waals surface area contributed by atoms with Gasteiger partial charge in [-0.05, 0) is 32.2 Å². The Labute approximate surface area is 106 Å². The summed E-state index contributed by atoms with van der Waals surface area (Å²) < 4.78 is 13.1. The number of hydrogen-bond donors (Lipinski definition) is 1. The zero-order chi connectivity index (χ0) is 13.3. The van der Waals surface area contributed by atoms with Crippen LogP contribution < -0.4 is 4.90 Å². The molecule has 0 aromatic heterocycles. The van der Waals surface area contributed by atoms with Gasteiger partial charge in [-0.3, -0.25) is 0 Å².